The molecule has 0 saturated carbocycles. The first-order valence-corrected chi connectivity index (χ1v) is 11.7. The highest BCUT2D eigenvalue weighted by Crippen LogP contribution is 2.40. The minimum Gasteiger partial charge on any atom is -0.458 e. The Morgan fingerprint density at radius 3 is 2.76 bits per heavy atom. The first-order valence-electron chi connectivity index (χ1n) is 11.7. The number of hydrogen-bond donors (Lipinski definition) is 2. The smallest absolute Gasteiger partial charge is 0.343 e. The average Bonchev–Trinajstić information content (AvgIpc) is 3.19. The van der Waals surface area contributed by atoms with E-state index in [1.54, 1.807) is 24.5 Å². The second kappa shape index (κ2) is 7.99. The SMILES string of the molecule is CC[C@@]1(O)C(=O)OCc2c1cc1n(c2=O)Cc2c-1nc1cc(F)c(C)cc1c2CC[C@H](C)NC. The van der Waals surface area contributed by atoms with Crippen LogP contribution in [0.4, 0.5) is 4.39 Å². The Morgan fingerprint density at radius 2 is 2.06 bits per heavy atom. The molecule has 0 fully saturated rings. The Morgan fingerprint density at radius 1 is 1.29 bits per heavy atom. The van der Waals surface area contributed by atoms with Crippen molar-refractivity contribution < 1.29 is 19.0 Å². The summed E-state index contributed by atoms with van der Waals surface area (Å²) < 4.78 is 21.3. The molecule has 0 radical (unpaired) electrons. The molecule has 7 nitrogen and oxygen atoms in total. The summed E-state index contributed by atoms with van der Waals surface area (Å²) in [6, 6.07) is 5.24. The van der Waals surface area contributed by atoms with Gasteiger partial charge < -0.3 is 19.7 Å². The number of benzene rings is 1. The lowest BCUT2D eigenvalue weighted by Gasteiger charge is -2.31. The molecular formula is C26H28FN3O4. The van der Waals surface area contributed by atoms with Crippen LogP contribution in [0.3, 0.4) is 0 Å². The van der Waals surface area contributed by atoms with Crippen molar-refractivity contribution in [2.45, 2.75) is 64.8 Å². The summed E-state index contributed by atoms with van der Waals surface area (Å²) in [4.78, 5) is 30.6. The van der Waals surface area contributed by atoms with E-state index in [1.165, 1.54) is 6.07 Å². The summed E-state index contributed by atoms with van der Waals surface area (Å²) in [6.45, 7) is 5.67. The number of carbonyl (C=O) groups is 1. The predicted octanol–water partition coefficient (Wildman–Crippen LogP) is 3.07. The molecule has 2 N–H and O–H groups in total. The fraction of sp³-hybridized carbons (Fsp3) is 0.423. The zero-order chi connectivity index (χ0) is 24.4. The average molecular weight is 466 g/mol. The number of aliphatic hydroxyl groups is 1. The lowest BCUT2D eigenvalue weighted by Crippen LogP contribution is -2.44. The molecule has 178 valence electrons. The zero-order valence-corrected chi connectivity index (χ0v) is 19.8. The molecule has 0 unspecified atom stereocenters. The van der Waals surface area contributed by atoms with Crippen LogP contribution in [0.1, 0.15) is 54.5 Å². The first-order chi connectivity index (χ1) is 16.2. The number of aromatic nitrogens is 2. The van der Waals surface area contributed by atoms with Gasteiger partial charge in [0, 0.05) is 28.6 Å². The molecule has 4 heterocycles. The molecule has 5 rings (SSSR count). The molecule has 3 aromatic rings. The lowest BCUT2D eigenvalue weighted by atomic mass is 9.86. The van der Waals surface area contributed by atoms with E-state index >= 15 is 0 Å². The Labute approximate surface area is 196 Å². The maximum Gasteiger partial charge on any atom is 0.343 e. The van der Waals surface area contributed by atoms with Gasteiger partial charge in [-0.25, -0.2) is 14.2 Å². The quantitative estimate of drug-likeness (QED) is 0.440. The number of fused-ring (bicyclic) bond motifs is 5. The number of nitrogens with zero attached hydrogens (tertiary/aromatic N) is 2. The Hall–Kier alpha value is -3.10. The molecular weight excluding hydrogens is 437 g/mol. The van der Waals surface area contributed by atoms with E-state index in [4.69, 9.17) is 9.72 Å². The number of nitrogens with one attached hydrogen (secondary N) is 1. The molecule has 0 saturated heterocycles. The lowest BCUT2D eigenvalue weighted by molar-refractivity contribution is -0.172. The van der Waals surface area contributed by atoms with Gasteiger partial charge in [0.15, 0.2) is 5.60 Å². The van der Waals surface area contributed by atoms with Crippen molar-refractivity contribution in [1.29, 1.82) is 0 Å². The van der Waals surface area contributed by atoms with E-state index in [-0.39, 0.29) is 41.6 Å². The van der Waals surface area contributed by atoms with Crippen LogP contribution in [0.5, 0.6) is 0 Å². The number of pyridine rings is 2. The minimum absolute atomic E-state index is 0.0807. The van der Waals surface area contributed by atoms with Gasteiger partial charge in [-0.15, -0.1) is 0 Å². The van der Waals surface area contributed by atoms with Gasteiger partial charge in [-0.05, 0) is 63.4 Å². The second-order valence-electron chi connectivity index (χ2n) is 9.37. The Bertz CT molecular complexity index is 1410. The fourth-order valence-corrected chi connectivity index (χ4v) is 5.08. The maximum absolute atomic E-state index is 14.5. The molecule has 2 aliphatic heterocycles. The van der Waals surface area contributed by atoms with Gasteiger partial charge in [0.1, 0.15) is 12.4 Å². The third-order valence-corrected chi connectivity index (χ3v) is 7.41. The third kappa shape index (κ3) is 3.20. The first kappa shape index (κ1) is 22.7. The van der Waals surface area contributed by atoms with Gasteiger partial charge in [-0.1, -0.05) is 6.92 Å². The molecule has 2 aromatic heterocycles. The van der Waals surface area contributed by atoms with E-state index in [0.717, 1.165) is 29.4 Å². The van der Waals surface area contributed by atoms with Crippen molar-refractivity contribution in [2.75, 3.05) is 7.05 Å². The molecule has 0 bridgehead atoms. The fourth-order valence-electron chi connectivity index (χ4n) is 5.08. The van der Waals surface area contributed by atoms with Crippen molar-refractivity contribution in [3.63, 3.8) is 0 Å². The third-order valence-electron chi connectivity index (χ3n) is 7.41. The van der Waals surface area contributed by atoms with Crippen LogP contribution < -0.4 is 10.9 Å². The topological polar surface area (TPSA) is 93.5 Å². The summed E-state index contributed by atoms with van der Waals surface area (Å²) in [5.41, 5.74) is 2.56. The van der Waals surface area contributed by atoms with E-state index in [1.807, 2.05) is 13.1 Å². The number of aryl methyl sites for hydroxylation is 2. The minimum atomic E-state index is -1.88. The van der Waals surface area contributed by atoms with E-state index in [2.05, 4.69) is 12.2 Å². The van der Waals surface area contributed by atoms with Crippen LogP contribution in [-0.2, 0) is 34.7 Å². The monoisotopic (exact) mass is 465 g/mol. The standard InChI is InChI=1S/C26H28FN3O4/c1-5-26(33)19-9-22-23-17(11-30(22)24(31)18(19)12-34-25(26)32)15(7-6-14(3)28-4)16-8-13(2)20(27)10-21(16)29-23/h8-10,14,28,33H,5-7,11-12H2,1-4H3/t14-,26-/m0/s1. The Kier molecular flexibility index (Phi) is 5.33. The van der Waals surface area contributed by atoms with Gasteiger partial charge in [0.25, 0.3) is 5.56 Å². The molecule has 0 spiro atoms. The summed E-state index contributed by atoms with van der Waals surface area (Å²) in [5, 5.41) is 15.2. The normalized spacial score (nSPS) is 19.5. The number of rotatable bonds is 5. The van der Waals surface area contributed by atoms with Gasteiger partial charge in [0.2, 0.25) is 0 Å². The van der Waals surface area contributed by atoms with E-state index in [0.29, 0.717) is 29.0 Å². The number of hydrogen-bond acceptors (Lipinski definition) is 6. The molecule has 2 aliphatic rings. The van der Waals surface area contributed by atoms with Gasteiger partial charge in [-0.2, -0.15) is 0 Å². The number of ether oxygens (including phenoxy) is 1. The van der Waals surface area contributed by atoms with Gasteiger partial charge in [0.05, 0.1) is 29.0 Å². The van der Waals surface area contributed by atoms with Crippen molar-refractivity contribution in [3.8, 4) is 11.4 Å². The van der Waals surface area contributed by atoms with Gasteiger partial charge in [-0.3, -0.25) is 4.79 Å². The molecule has 34 heavy (non-hydrogen) atoms. The van der Waals surface area contributed by atoms with E-state index in [9.17, 15) is 19.1 Å². The number of halogens is 1. The van der Waals surface area contributed by atoms with Crippen LogP contribution in [0.15, 0.2) is 23.0 Å². The molecule has 8 heteroatoms. The van der Waals surface area contributed by atoms with Crippen LogP contribution in [0.2, 0.25) is 0 Å². The maximum atomic E-state index is 14.5. The molecule has 1 aromatic carbocycles. The largest absolute Gasteiger partial charge is 0.458 e. The molecule has 0 aliphatic carbocycles. The van der Waals surface area contributed by atoms with Crippen molar-refractivity contribution in [3.05, 3.63) is 62.2 Å². The van der Waals surface area contributed by atoms with Crippen molar-refractivity contribution in [2.24, 2.45) is 0 Å². The summed E-state index contributed by atoms with van der Waals surface area (Å²) in [6.07, 6.45) is 1.67. The zero-order valence-electron chi connectivity index (χ0n) is 19.8. The summed E-state index contributed by atoms with van der Waals surface area (Å²) in [7, 11) is 1.91. The van der Waals surface area contributed by atoms with Crippen LogP contribution >= 0.6 is 0 Å². The summed E-state index contributed by atoms with van der Waals surface area (Å²) in [5.74, 6) is -1.09. The molecule has 0 amide bonds. The number of carbonyl (C=O) groups excluding carboxylic acids is 1. The van der Waals surface area contributed by atoms with Crippen molar-refractivity contribution >= 4 is 16.9 Å². The van der Waals surface area contributed by atoms with E-state index < -0.39 is 11.6 Å². The number of esters is 1. The number of cyclic esters (lactones) is 1. The van der Waals surface area contributed by atoms with Crippen LogP contribution in [-0.4, -0.2) is 33.7 Å². The highest BCUT2D eigenvalue weighted by atomic mass is 19.1. The Balaban J connectivity index is 1.77. The van der Waals surface area contributed by atoms with Crippen LogP contribution in [0.25, 0.3) is 22.3 Å². The highest BCUT2D eigenvalue weighted by Gasteiger charge is 2.45. The molecule has 2 atom stereocenters. The van der Waals surface area contributed by atoms with Gasteiger partial charge >= 0.3 is 5.97 Å². The second-order valence-corrected chi connectivity index (χ2v) is 9.37. The van der Waals surface area contributed by atoms with Crippen molar-refractivity contribution in [1.82, 2.24) is 14.9 Å². The predicted molar refractivity (Wildman–Crippen MR) is 126 cm³/mol. The van der Waals surface area contributed by atoms with Crippen LogP contribution in [0, 0.1) is 12.7 Å². The highest BCUT2D eigenvalue weighted by molar-refractivity contribution is 5.89. The summed E-state index contributed by atoms with van der Waals surface area (Å²) >= 11 is 0.